The summed E-state index contributed by atoms with van der Waals surface area (Å²) in [7, 11) is 0. The molecule has 11 heteroatoms. The number of furan rings is 1. The number of nitro groups is 1. The SMILES string of the molecule is CCOc1ccc(COc2ccc(NC(=O)c3ccc(COc4cc([N+](=O)[O-])ccc4Cl)o3)cc2)cc1OCC. The summed E-state index contributed by atoms with van der Waals surface area (Å²) in [6, 6.07) is 19.6. The van der Waals surface area contributed by atoms with Crippen molar-refractivity contribution in [1.82, 2.24) is 0 Å². The molecule has 0 saturated carbocycles. The van der Waals surface area contributed by atoms with Gasteiger partial charge in [0.2, 0.25) is 0 Å². The molecule has 0 bridgehead atoms. The van der Waals surface area contributed by atoms with E-state index < -0.39 is 10.8 Å². The van der Waals surface area contributed by atoms with Crippen LogP contribution < -0.4 is 24.3 Å². The molecule has 208 valence electrons. The molecule has 1 heterocycles. The van der Waals surface area contributed by atoms with Gasteiger partial charge in [0.05, 0.1) is 29.2 Å². The Bertz CT molecular complexity index is 1470. The number of anilines is 1. The number of nitrogens with zero attached hydrogens (tertiary/aromatic N) is 1. The molecular formula is C29H27ClN2O8. The van der Waals surface area contributed by atoms with Crippen molar-refractivity contribution in [2.75, 3.05) is 18.5 Å². The van der Waals surface area contributed by atoms with Gasteiger partial charge in [-0.1, -0.05) is 17.7 Å². The van der Waals surface area contributed by atoms with Crippen LogP contribution in [0.5, 0.6) is 23.0 Å². The lowest BCUT2D eigenvalue weighted by atomic mass is 10.2. The highest BCUT2D eigenvalue weighted by molar-refractivity contribution is 6.32. The van der Waals surface area contributed by atoms with Crippen molar-refractivity contribution in [1.29, 1.82) is 0 Å². The van der Waals surface area contributed by atoms with E-state index in [-0.39, 0.29) is 28.8 Å². The highest BCUT2D eigenvalue weighted by Gasteiger charge is 2.15. The fourth-order valence-electron chi connectivity index (χ4n) is 3.62. The molecule has 0 aliphatic carbocycles. The van der Waals surface area contributed by atoms with Crippen molar-refractivity contribution >= 4 is 28.9 Å². The third-order valence-corrected chi connectivity index (χ3v) is 5.82. The molecule has 4 aromatic rings. The molecule has 0 unspecified atom stereocenters. The van der Waals surface area contributed by atoms with E-state index >= 15 is 0 Å². The number of benzene rings is 3. The van der Waals surface area contributed by atoms with E-state index in [1.54, 1.807) is 30.3 Å². The molecule has 0 spiro atoms. The number of ether oxygens (including phenoxy) is 4. The number of nitro benzene ring substituents is 1. The molecule has 0 fully saturated rings. The fourth-order valence-corrected chi connectivity index (χ4v) is 3.79. The Balaban J connectivity index is 1.30. The van der Waals surface area contributed by atoms with Crippen molar-refractivity contribution in [2.45, 2.75) is 27.1 Å². The van der Waals surface area contributed by atoms with Crippen molar-refractivity contribution in [3.63, 3.8) is 0 Å². The molecule has 1 amide bonds. The second-order valence-corrected chi connectivity index (χ2v) is 8.75. The molecule has 3 aromatic carbocycles. The van der Waals surface area contributed by atoms with Crippen LogP contribution >= 0.6 is 11.6 Å². The summed E-state index contributed by atoms with van der Waals surface area (Å²) in [5, 5.41) is 13.9. The van der Waals surface area contributed by atoms with E-state index in [2.05, 4.69) is 5.32 Å². The van der Waals surface area contributed by atoms with Crippen LogP contribution in [0.3, 0.4) is 0 Å². The Hall–Kier alpha value is -4.70. The van der Waals surface area contributed by atoms with Gasteiger partial charge in [-0.2, -0.15) is 0 Å². The number of amides is 1. The Kier molecular flexibility index (Phi) is 9.48. The van der Waals surface area contributed by atoms with Crippen LogP contribution in [0.4, 0.5) is 11.4 Å². The van der Waals surface area contributed by atoms with Gasteiger partial charge in [-0.15, -0.1) is 0 Å². The monoisotopic (exact) mass is 566 g/mol. The molecule has 0 aliphatic rings. The smallest absolute Gasteiger partial charge is 0.291 e. The lowest BCUT2D eigenvalue weighted by Crippen LogP contribution is -2.10. The first-order chi connectivity index (χ1) is 19.4. The molecule has 0 radical (unpaired) electrons. The molecule has 0 atom stereocenters. The first-order valence-corrected chi connectivity index (χ1v) is 12.8. The van der Waals surface area contributed by atoms with E-state index in [1.165, 1.54) is 24.3 Å². The van der Waals surface area contributed by atoms with Crippen LogP contribution in [-0.4, -0.2) is 24.0 Å². The summed E-state index contributed by atoms with van der Waals surface area (Å²) < 4.78 is 28.2. The van der Waals surface area contributed by atoms with Crippen molar-refractivity contribution in [3.8, 4) is 23.0 Å². The van der Waals surface area contributed by atoms with Gasteiger partial charge in [0.15, 0.2) is 17.3 Å². The number of nitrogens with one attached hydrogen (secondary N) is 1. The van der Waals surface area contributed by atoms with Gasteiger partial charge >= 0.3 is 0 Å². The second-order valence-electron chi connectivity index (χ2n) is 8.34. The Morgan fingerprint density at radius 3 is 2.33 bits per heavy atom. The molecule has 0 aliphatic heterocycles. The molecule has 1 N–H and O–H groups in total. The van der Waals surface area contributed by atoms with Crippen LogP contribution in [0.1, 0.15) is 35.7 Å². The van der Waals surface area contributed by atoms with Crippen LogP contribution in [0.15, 0.2) is 77.2 Å². The number of hydrogen-bond acceptors (Lipinski definition) is 8. The Morgan fingerprint density at radius 2 is 1.60 bits per heavy atom. The number of hydrogen-bond donors (Lipinski definition) is 1. The summed E-state index contributed by atoms with van der Waals surface area (Å²) in [4.78, 5) is 23.1. The van der Waals surface area contributed by atoms with E-state index in [0.717, 1.165) is 5.56 Å². The van der Waals surface area contributed by atoms with Gasteiger partial charge in [0.1, 0.15) is 30.5 Å². The van der Waals surface area contributed by atoms with Gasteiger partial charge < -0.3 is 28.7 Å². The van der Waals surface area contributed by atoms with Crippen LogP contribution in [0, 0.1) is 10.1 Å². The molecule has 1 aromatic heterocycles. The van der Waals surface area contributed by atoms with Gasteiger partial charge in [-0.3, -0.25) is 14.9 Å². The molecule has 4 rings (SSSR count). The molecule has 40 heavy (non-hydrogen) atoms. The van der Waals surface area contributed by atoms with Gasteiger partial charge in [0.25, 0.3) is 11.6 Å². The number of carbonyl (C=O) groups excluding carboxylic acids is 1. The van der Waals surface area contributed by atoms with Crippen LogP contribution in [0.2, 0.25) is 5.02 Å². The summed E-state index contributed by atoms with van der Waals surface area (Å²) in [6.07, 6.45) is 0. The van der Waals surface area contributed by atoms with E-state index in [9.17, 15) is 14.9 Å². The Morgan fingerprint density at radius 1 is 0.850 bits per heavy atom. The predicted molar refractivity (Wildman–Crippen MR) is 149 cm³/mol. The standard InChI is InChI=1S/C29H27ClN2O8/c1-3-36-25-13-5-19(15-28(25)37-4-2)17-38-22-9-6-20(7-10-22)31-29(33)26-14-11-23(40-26)18-39-27-16-21(32(34)35)8-12-24(27)30/h5-16H,3-4,17-18H2,1-2H3,(H,31,33). The zero-order valence-corrected chi connectivity index (χ0v) is 22.6. The van der Waals surface area contributed by atoms with Gasteiger partial charge in [-0.25, -0.2) is 0 Å². The molecular weight excluding hydrogens is 540 g/mol. The minimum atomic E-state index is -0.544. The molecule has 10 nitrogen and oxygen atoms in total. The lowest BCUT2D eigenvalue weighted by molar-refractivity contribution is -0.384. The highest BCUT2D eigenvalue weighted by atomic mass is 35.5. The largest absolute Gasteiger partial charge is 0.490 e. The van der Waals surface area contributed by atoms with Crippen molar-refractivity contribution in [2.24, 2.45) is 0 Å². The zero-order valence-electron chi connectivity index (χ0n) is 21.8. The number of halogens is 1. The quantitative estimate of drug-likeness (QED) is 0.135. The zero-order chi connectivity index (χ0) is 28.5. The Labute approximate surface area is 235 Å². The fraction of sp³-hybridized carbons (Fsp3) is 0.207. The van der Waals surface area contributed by atoms with Gasteiger partial charge in [-0.05, 0) is 74.0 Å². The third kappa shape index (κ3) is 7.45. The normalized spacial score (nSPS) is 10.6. The summed E-state index contributed by atoms with van der Waals surface area (Å²) in [5.74, 6) is 2.09. The number of rotatable bonds is 13. The number of carbonyl (C=O) groups is 1. The predicted octanol–water partition coefficient (Wildman–Crippen LogP) is 7.05. The third-order valence-electron chi connectivity index (χ3n) is 5.51. The molecule has 0 saturated heterocycles. The van der Waals surface area contributed by atoms with E-state index in [1.807, 2.05) is 32.0 Å². The topological polar surface area (TPSA) is 122 Å². The van der Waals surface area contributed by atoms with Crippen LogP contribution in [-0.2, 0) is 13.2 Å². The van der Waals surface area contributed by atoms with E-state index in [0.29, 0.717) is 48.5 Å². The summed E-state index contributed by atoms with van der Waals surface area (Å²) >= 11 is 6.05. The average Bonchev–Trinajstić information content (AvgIpc) is 3.43. The van der Waals surface area contributed by atoms with Gasteiger partial charge in [0, 0.05) is 11.8 Å². The summed E-state index contributed by atoms with van der Waals surface area (Å²) in [5.41, 5.74) is 1.33. The maximum atomic E-state index is 12.6. The second kappa shape index (κ2) is 13.4. The van der Waals surface area contributed by atoms with Crippen molar-refractivity contribution < 1.29 is 33.1 Å². The number of non-ortho nitro benzene ring substituents is 1. The first kappa shape index (κ1) is 28.3. The lowest BCUT2D eigenvalue weighted by Gasteiger charge is -2.13. The first-order valence-electron chi connectivity index (χ1n) is 12.4. The highest BCUT2D eigenvalue weighted by Crippen LogP contribution is 2.30. The average molecular weight is 567 g/mol. The van der Waals surface area contributed by atoms with Crippen LogP contribution in [0.25, 0.3) is 0 Å². The maximum Gasteiger partial charge on any atom is 0.291 e. The minimum absolute atomic E-state index is 0.0688. The summed E-state index contributed by atoms with van der Waals surface area (Å²) in [6.45, 7) is 5.17. The minimum Gasteiger partial charge on any atom is -0.490 e. The van der Waals surface area contributed by atoms with Crippen molar-refractivity contribution in [3.05, 3.63) is 105 Å². The van der Waals surface area contributed by atoms with E-state index in [4.69, 9.17) is 35.0 Å². The maximum absolute atomic E-state index is 12.6.